The van der Waals surface area contributed by atoms with Gasteiger partial charge in [-0.2, -0.15) is 11.8 Å². The lowest BCUT2D eigenvalue weighted by atomic mass is 10.2. The smallest absolute Gasteiger partial charge is 0.317 e. The van der Waals surface area contributed by atoms with Crippen molar-refractivity contribution in [1.82, 2.24) is 10.2 Å². The molecule has 1 atom stereocenters. The lowest BCUT2D eigenvalue weighted by Crippen LogP contribution is -2.51. The van der Waals surface area contributed by atoms with Crippen LogP contribution in [0.2, 0.25) is 0 Å². The van der Waals surface area contributed by atoms with E-state index in [2.05, 4.69) is 5.32 Å². The zero-order valence-corrected chi connectivity index (χ0v) is 12.6. The molecule has 1 aliphatic rings. The second-order valence-corrected chi connectivity index (χ2v) is 7.36. The molecule has 8 nitrogen and oxygen atoms in total. The highest BCUT2D eigenvalue weighted by molar-refractivity contribution is 7.99. The highest BCUT2D eigenvalue weighted by Gasteiger charge is 2.28. The summed E-state index contributed by atoms with van der Waals surface area (Å²) < 4.78 is 21.5. The minimum Gasteiger partial charge on any atom is -0.481 e. The van der Waals surface area contributed by atoms with Crippen LogP contribution in [0.4, 0.5) is 4.79 Å². The molecule has 0 aromatic carbocycles. The fourth-order valence-corrected chi connectivity index (χ4v) is 3.47. The van der Waals surface area contributed by atoms with E-state index in [-0.39, 0.29) is 37.2 Å². The molecule has 0 aromatic heterocycles. The Morgan fingerprint density at radius 2 is 2.15 bits per heavy atom. The lowest BCUT2D eigenvalue weighted by Gasteiger charge is -2.34. The van der Waals surface area contributed by atoms with E-state index in [0.717, 1.165) is 5.75 Å². The lowest BCUT2D eigenvalue weighted by molar-refractivity contribution is -0.138. The van der Waals surface area contributed by atoms with Gasteiger partial charge in [-0.05, 0) is 6.42 Å². The predicted octanol–water partition coefficient (Wildman–Crippen LogP) is -0.733. The van der Waals surface area contributed by atoms with Gasteiger partial charge < -0.3 is 15.3 Å². The Morgan fingerprint density at radius 3 is 2.75 bits per heavy atom. The predicted molar refractivity (Wildman–Crippen MR) is 76.1 cm³/mol. The number of carbonyl (C=O) groups excluding carboxylic acids is 1. The van der Waals surface area contributed by atoms with Crippen molar-refractivity contribution in [3.05, 3.63) is 0 Å². The van der Waals surface area contributed by atoms with Crippen LogP contribution < -0.4 is 10.5 Å². The van der Waals surface area contributed by atoms with Crippen LogP contribution in [0.15, 0.2) is 0 Å². The van der Waals surface area contributed by atoms with E-state index in [4.69, 9.17) is 10.2 Å². The number of hydrogen-bond acceptors (Lipinski definition) is 5. The molecule has 0 saturated carbocycles. The molecule has 0 aliphatic carbocycles. The highest BCUT2D eigenvalue weighted by atomic mass is 32.2. The molecular weight excluding hydrogens is 306 g/mol. The molecular formula is C10H19N3O5S2. The fourth-order valence-electron chi connectivity index (χ4n) is 1.86. The average molecular weight is 325 g/mol. The third-order valence-electron chi connectivity index (χ3n) is 2.78. The zero-order valence-electron chi connectivity index (χ0n) is 10.9. The van der Waals surface area contributed by atoms with Gasteiger partial charge in [0.2, 0.25) is 10.0 Å². The molecule has 20 heavy (non-hydrogen) atoms. The quantitative estimate of drug-likeness (QED) is 0.552. The summed E-state index contributed by atoms with van der Waals surface area (Å²) in [5.41, 5.74) is 0. The summed E-state index contributed by atoms with van der Waals surface area (Å²) in [6.45, 7) is 0.683. The van der Waals surface area contributed by atoms with Gasteiger partial charge in [-0.1, -0.05) is 0 Å². The second-order valence-electron chi connectivity index (χ2n) is 4.47. The molecule has 0 radical (unpaired) electrons. The van der Waals surface area contributed by atoms with Gasteiger partial charge in [0.15, 0.2) is 0 Å². The largest absolute Gasteiger partial charge is 0.481 e. The van der Waals surface area contributed by atoms with Crippen molar-refractivity contribution < 1.29 is 23.1 Å². The van der Waals surface area contributed by atoms with Crippen LogP contribution in [0, 0.1) is 0 Å². The monoisotopic (exact) mass is 325 g/mol. The van der Waals surface area contributed by atoms with Crippen molar-refractivity contribution in [3.8, 4) is 0 Å². The molecule has 10 heteroatoms. The summed E-state index contributed by atoms with van der Waals surface area (Å²) in [6, 6.07) is -0.685. The van der Waals surface area contributed by atoms with Gasteiger partial charge in [0.1, 0.15) is 0 Å². The first-order valence-corrected chi connectivity index (χ1v) is 9.01. The molecule has 1 fully saturated rings. The number of nitrogens with two attached hydrogens (primary N) is 1. The molecule has 1 heterocycles. The van der Waals surface area contributed by atoms with Crippen molar-refractivity contribution in [2.24, 2.45) is 5.14 Å². The number of thioether (sulfide) groups is 1. The van der Waals surface area contributed by atoms with Gasteiger partial charge in [0.05, 0.1) is 18.2 Å². The van der Waals surface area contributed by atoms with E-state index in [1.165, 1.54) is 4.90 Å². The first-order valence-electron chi connectivity index (χ1n) is 6.14. The van der Waals surface area contributed by atoms with Crippen LogP contribution in [0.25, 0.3) is 0 Å². The number of amides is 2. The number of aliphatic carboxylic acids is 1. The summed E-state index contributed by atoms with van der Waals surface area (Å²) >= 11 is 1.62. The summed E-state index contributed by atoms with van der Waals surface area (Å²) in [7, 11) is -3.52. The number of rotatable bonds is 6. The minimum absolute atomic E-state index is 0.0857. The molecule has 116 valence electrons. The Kier molecular flexibility index (Phi) is 6.56. The van der Waals surface area contributed by atoms with Crippen LogP contribution in [-0.4, -0.2) is 66.8 Å². The maximum Gasteiger partial charge on any atom is 0.317 e. The van der Waals surface area contributed by atoms with Gasteiger partial charge in [-0.25, -0.2) is 18.4 Å². The molecule has 1 aliphatic heterocycles. The van der Waals surface area contributed by atoms with Crippen LogP contribution in [0.1, 0.15) is 12.8 Å². The number of urea groups is 1. The average Bonchev–Trinajstić information content (AvgIpc) is 2.33. The van der Waals surface area contributed by atoms with Crippen molar-refractivity contribution >= 4 is 33.8 Å². The summed E-state index contributed by atoms with van der Waals surface area (Å²) in [6.07, 6.45) is 0.147. The normalized spacial score (nSPS) is 19.6. The van der Waals surface area contributed by atoms with Crippen molar-refractivity contribution in [3.63, 3.8) is 0 Å². The molecule has 4 N–H and O–H groups in total. The molecule has 1 saturated heterocycles. The third-order valence-corrected chi connectivity index (χ3v) is 4.73. The summed E-state index contributed by atoms with van der Waals surface area (Å²) in [5.74, 6) is 0.226. The van der Waals surface area contributed by atoms with Gasteiger partial charge in [-0.15, -0.1) is 0 Å². The third kappa shape index (κ3) is 6.44. The molecule has 1 unspecified atom stereocenters. The van der Waals surface area contributed by atoms with Gasteiger partial charge in [0, 0.05) is 24.6 Å². The molecule has 2 amide bonds. The number of carbonyl (C=O) groups is 2. The van der Waals surface area contributed by atoms with Gasteiger partial charge in [-0.3, -0.25) is 4.79 Å². The molecule has 1 rings (SSSR count). The number of sulfonamides is 1. The van der Waals surface area contributed by atoms with Crippen LogP contribution in [0.5, 0.6) is 0 Å². The Bertz CT molecular complexity index is 454. The molecule has 0 bridgehead atoms. The summed E-state index contributed by atoms with van der Waals surface area (Å²) in [5, 5.41) is 16.3. The minimum atomic E-state index is -3.52. The Labute approximate surface area is 122 Å². The van der Waals surface area contributed by atoms with Crippen LogP contribution in [0.3, 0.4) is 0 Å². The Balaban J connectivity index is 2.41. The van der Waals surface area contributed by atoms with E-state index >= 15 is 0 Å². The Hall–Kier alpha value is -1.00. The number of hydrogen-bond donors (Lipinski definition) is 3. The number of carboxylic acids is 1. The topological polar surface area (TPSA) is 130 Å². The second kappa shape index (κ2) is 7.70. The number of nitrogens with zero attached hydrogens (tertiary/aromatic N) is 1. The number of nitrogens with one attached hydrogen (secondary N) is 1. The Morgan fingerprint density at radius 1 is 1.45 bits per heavy atom. The van der Waals surface area contributed by atoms with Crippen LogP contribution in [-0.2, 0) is 14.8 Å². The maximum absolute atomic E-state index is 11.9. The van der Waals surface area contributed by atoms with E-state index in [1.54, 1.807) is 11.8 Å². The van der Waals surface area contributed by atoms with E-state index in [9.17, 15) is 18.0 Å². The van der Waals surface area contributed by atoms with E-state index < -0.39 is 16.0 Å². The van der Waals surface area contributed by atoms with E-state index in [1.807, 2.05) is 0 Å². The zero-order chi connectivity index (χ0) is 15.2. The fraction of sp³-hybridized carbons (Fsp3) is 0.800. The van der Waals surface area contributed by atoms with Gasteiger partial charge in [0.25, 0.3) is 0 Å². The molecule has 0 spiro atoms. The highest BCUT2D eigenvalue weighted by Crippen LogP contribution is 2.18. The molecule has 0 aromatic rings. The standard InChI is InChI=1S/C10H19N3O5S2/c11-20(17,18)5-1-2-12-10(16)13-3-4-19-7-8(13)6-9(14)15/h8H,1-7H2,(H,12,16)(H,14,15)(H2,11,17,18). The SMILES string of the molecule is NS(=O)(=O)CCCNC(=O)N1CCSCC1CC(=O)O. The number of primary sulfonamides is 1. The maximum atomic E-state index is 11.9. The van der Waals surface area contributed by atoms with Crippen molar-refractivity contribution in [2.75, 3.05) is 30.3 Å². The first kappa shape index (κ1) is 17.1. The van der Waals surface area contributed by atoms with Crippen molar-refractivity contribution in [1.29, 1.82) is 0 Å². The summed E-state index contributed by atoms with van der Waals surface area (Å²) in [4.78, 5) is 24.2. The van der Waals surface area contributed by atoms with E-state index in [0.29, 0.717) is 12.3 Å². The number of carboxylic acid groups (broad SMARTS) is 1. The van der Waals surface area contributed by atoms with Crippen LogP contribution >= 0.6 is 11.8 Å². The van der Waals surface area contributed by atoms with Gasteiger partial charge >= 0.3 is 12.0 Å². The first-order chi connectivity index (χ1) is 9.29. The van der Waals surface area contributed by atoms with Crippen molar-refractivity contribution in [2.45, 2.75) is 18.9 Å².